The van der Waals surface area contributed by atoms with Crippen molar-refractivity contribution in [1.82, 2.24) is 0 Å². The Labute approximate surface area is 185 Å². The van der Waals surface area contributed by atoms with Gasteiger partial charge in [0, 0.05) is 11.3 Å². The summed E-state index contributed by atoms with van der Waals surface area (Å²) in [4.78, 5) is 12.5. The molecule has 4 aromatic rings. The first-order chi connectivity index (χ1) is 15.6. The predicted molar refractivity (Wildman–Crippen MR) is 125 cm³/mol. The second-order valence-corrected chi connectivity index (χ2v) is 7.18. The van der Waals surface area contributed by atoms with Crippen LogP contribution in [0.4, 0.5) is 5.69 Å². The molecule has 0 atom stereocenters. The number of rotatable bonds is 6. The van der Waals surface area contributed by atoms with E-state index in [1.807, 2.05) is 36.4 Å². The summed E-state index contributed by atoms with van der Waals surface area (Å²) in [6, 6.07) is 29.5. The molecule has 0 aromatic heterocycles. The molecule has 0 aliphatic carbocycles. The van der Waals surface area contributed by atoms with E-state index in [1.165, 1.54) is 18.2 Å². The van der Waals surface area contributed by atoms with Crippen molar-refractivity contribution in [3.63, 3.8) is 0 Å². The second kappa shape index (κ2) is 9.50. The number of carbonyl (C=O) groups is 1. The molecule has 0 radical (unpaired) electrons. The molecule has 4 rings (SSSR count). The molecule has 0 aliphatic rings. The largest absolute Gasteiger partial charge is 0.508 e. The van der Waals surface area contributed by atoms with Crippen molar-refractivity contribution in [3.8, 4) is 17.6 Å². The normalized spacial score (nSPS) is 11.0. The number of para-hydroxylation sites is 1. The van der Waals surface area contributed by atoms with Gasteiger partial charge in [-0.2, -0.15) is 5.26 Å². The quantitative estimate of drug-likeness (QED) is 0.239. The number of hydrogen-bond acceptors (Lipinski definition) is 4. The standard InChI is InChI=1S/C27H20N2O3/c28-17-23(27(31)29-24-11-13-25(30)14-12-24)16-22-7-3-4-8-26(22)32-18-19-9-10-20-5-1-2-6-21(20)15-19/h1-16,30H,18H2,(H,29,31)/b23-16+. The number of ether oxygens (including phenoxy) is 1. The van der Waals surface area contributed by atoms with Crippen LogP contribution in [0.1, 0.15) is 11.1 Å². The van der Waals surface area contributed by atoms with Gasteiger partial charge in [-0.05, 0) is 58.8 Å². The molecule has 0 saturated carbocycles. The third-order valence-electron chi connectivity index (χ3n) is 4.92. The summed E-state index contributed by atoms with van der Waals surface area (Å²) in [6.45, 7) is 0.358. The minimum atomic E-state index is -0.539. The van der Waals surface area contributed by atoms with Crippen molar-refractivity contribution in [2.75, 3.05) is 5.32 Å². The maximum atomic E-state index is 12.5. The molecule has 0 aliphatic heterocycles. The Morgan fingerprint density at radius 1 is 0.938 bits per heavy atom. The van der Waals surface area contributed by atoms with Crippen LogP contribution >= 0.6 is 0 Å². The summed E-state index contributed by atoms with van der Waals surface area (Å²) in [5, 5.41) is 23.8. The van der Waals surface area contributed by atoms with E-state index in [0.717, 1.165) is 16.3 Å². The zero-order chi connectivity index (χ0) is 22.3. The maximum Gasteiger partial charge on any atom is 0.266 e. The fraction of sp³-hybridized carbons (Fsp3) is 0.0370. The van der Waals surface area contributed by atoms with Crippen LogP contribution in [0.25, 0.3) is 16.8 Å². The first kappa shape index (κ1) is 20.7. The van der Waals surface area contributed by atoms with Gasteiger partial charge >= 0.3 is 0 Å². The first-order valence-corrected chi connectivity index (χ1v) is 10.0. The monoisotopic (exact) mass is 420 g/mol. The molecule has 4 aromatic carbocycles. The molecular weight excluding hydrogens is 400 g/mol. The van der Waals surface area contributed by atoms with Crippen LogP contribution in [-0.4, -0.2) is 11.0 Å². The van der Waals surface area contributed by atoms with Gasteiger partial charge in [-0.3, -0.25) is 4.79 Å². The Kier molecular flexibility index (Phi) is 6.15. The number of phenolic OH excluding ortho intramolecular Hbond substituents is 1. The molecule has 0 fully saturated rings. The summed E-state index contributed by atoms with van der Waals surface area (Å²) in [6.07, 6.45) is 1.51. The summed E-state index contributed by atoms with van der Waals surface area (Å²) >= 11 is 0. The van der Waals surface area contributed by atoms with Crippen LogP contribution in [0.3, 0.4) is 0 Å². The fourth-order valence-corrected chi connectivity index (χ4v) is 3.27. The van der Waals surface area contributed by atoms with E-state index in [1.54, 1.807) is 24.3 Å². The summed E-state index contributed by atoms with van der Waals surface area (Å²) < 4.78 is 6.02. The molecular formula is C27H20N2O3. The molecule has 0 heterocycles. The highest BCUT2D eigenvalue weighted by Crippen LogP contribution is 2.24. The molecule has 0 bridgehead atoms. The van der Waals surface area contributed by atoms with Crippen LogP contribution in [0.5, 0.6) is 11.5 Å². The Balaban J connectivity index is 1.52. The zero-order valence-electron chi connectivity index (χ0n) is 17.2. The number of phenols is 1. The van der Waals surface area contributed by atoms with Gasteiger partial charge in [0.2, 0.25) is 0 Å². The van der Waals surface area contributed by atoms with Crippen molar-refractivity contribution in [1.29, 1.82) is 5.26 Å². The van der Waals surface area contributed by atoms with E-state index in [2.05, 4.69) is 29.6 Å². The van der Waals surface area contributed by atoms with Gasteiger partial charge in [-0.15, -0.1) is 0 Å². The smallest absolute Gasteiger partial charge is 0.266 e. The number of hydrogen-bond donors (Lipinski definition) is 2. The van der Waals surface area contributed by atoms with E-state index >= 15 is 0 Å². The van der Waals surface area contributed by atoms with Crippen molar-refractivity contribution in [3.05, 3.63) is 108 Å². The molecule has 2 N–H and O–H groups in total. The highest BCUT2D eigenvalue weighted by atomic mass is 16.5. The summed E-state index contributed by atoms with van der Waals surface area (Å²) in [5.74, 6) is 0.130. The molecule has 32 heavy (non-hydrogen) atoms. The maximum absolute atomic E-state index is 12.5. The van der Waals surface area contributed by atoms with Gasteiger partial charge in [-0.1, -0.05) is 54.6 Å². The SMILES string of the molecule is N#C/C(=C\c1ccccc1OCc1ccc2ccccc2c1)C(=O)Nc1ccc(O)cc1. The van der Waals surface area contributed by atoms with E-state index in [4.69, 9.17) is 4.74 Å². The van der Waals surface area contributed by atoms with Crippen LogP contribution in [0, 0.1) is 11.3 Å². The molecule has 1 amide bonds. The lowest BCUT2D eigenvalue weighted by Crippen LogP contribution is -2.13. The fourth-order valence-electron chi connectivity index (χ4n) is 3.27. The zero-order valence-corrected chi connectivity index (χ0v) is 17.2. The number of nitrogens with zero attached hydrogens (tertiary/aromatic N) is 1. The number of anilines is 1. The topological polar surface area (TPSA) is 82.3 Å². The number of fused-ring (bicyclic) bond motifs is 1. The molecule has 0 unspecified atom stereocenters. The Morgan fingerprint density at radius 3 is 2.44 bits per heavy atom. The highest BCUT2D eigenvalue weighted by molar-refractivity contribution is 6.09. The first-order valence-electron chi connectivity index (χ1n) is 10.0. The number of benzene rings is 4. The van der Waals surface area contributed by atoms with Crippen LogP contribution in [0.15, 0.2) is 96.6 Å². The van der Waals surface area contributed by atoms with E-state index in [0.29, 0.717) is 23.6 Å². The summed E-state index contributed by atoms with van der Waals surface area (Å²) in [7, 11) is 0. The number of nitriles is 1. The average molecular weight is 420 g/mol. The molecule has 156 valence electrons. The Bertz CT molecular complexity index is 1340. The number of nitrogens with one attached hydrogen (secondary N) is 1. The van der Waals surface area contributed by atoms with Gasteiger partial charge in [0.15, 0.2) is 0 Å². The van der Waals surface area contributed by atoms with Gasteiger partial charge in [0.1, 0.15) is 29.7 Å². The molecule has 0 saturated heterocycles. The van der Waals surface area contributed by atoms with Crippen molar-refractivity contribution in [2.24, 2.45) is 0 Å². The van der Waals surface area contributed by atoms with Crippen LogP contribution < -0.4 is 10.1 Å². The van der Waals surface area contributed by atoms with E-state index in [-0.39, 0.29) is 11.3 Å². The number of aromatic hydroxyl groups is 1. The van der Waals surface area contributed by atoms with Crippen LogP contribution in [0.2, 0.25) is 0 Å². The van der Waals surface area contributed by atoms with Crippen molar-refractivity contribution < 1.29 is 14.6 Å². The Morgan fingerprint density at radius 2 is 1.66 bits per heavy atom. The van der Waals surface area contributed by atoms with Crippen molar-refractivity contribution in [2.45, 2.75) is 6.61 Å². The molecule has 5 nitrogen and oxygen atoms in total. The van der Waals surface area contributed by atoms with E-state index in [9.17, 15) is 15.2 Å². The Hall–Kier alpha value is -4.56. The van der Waals surface area contributed by atoms with E-state index < -0.39 is 5.91 Å². The lowest BCUT2D eigenvalue weighted by Gasteiger charge is -2.11. The number of carbonyl (C=O) groups excluding carboxylic acids is 1. The van der Waals surface area contributed by atoms with Crippen molar-refractivity contribution >= 4 is 28.4 Å². The molecule has 5 heteroatoms. The number of amides is 1. The van der Waals surface area contributed by atoms with Gasteiger partial charge in [-0.25, -0.2) is 0 Å². The van der Waals surface area contributed by atoms with Gasteiger partial charge in [0.05, 0.1) is 0 Å². The molecule has 0 spiro atoms. The average Bonchev–Trinajstić information content (AvgIpc) is 2.83. The minimum Gasteiger partial charge on any atom is -0.508 e. The third-order valence-corrected chi connectivity index (χ3v) is 4.92. The lowest BCUT2D eigenvalue weighted by atomic mass is 10.1. The highest BCUT2D eigenvalue weighted by Gasteiger charge is 2.11. The van der Waals surface area contributed by atoms with Gasteiger partial charge in [0.25, 0.3) is 5.91 Å². The van der Waals surface area contributed by atoms with Crippen LogP contribution in [-0.2, 0) is 11.4 Å². The predicted octanol–water partition coefficient (Wildman–Crippen LogP) is 5.67. The van der Waals surface area contributed by atoms with Gasteiger partial charge < -0.3 is 15.2 Å². The third kappa shape index (κ3) is 4.94. The minimum absolute atomic E-state index is 0.0557. The second-order valence-electron chi connectivity index (χ2n) is 7.18. The summed E-state index contributed by atoms with van der Waals surface area (Å²) in [5.41, 5.74) is 2.08. The lowest BCUT2D eigenvalue weighted by molar-refractivity contribution is -0.112.